The van der Waals surface area contributed by atoms with E-state index in [1.54, 1.807) is 92.0 Å². The zero-order valence-electron chi connectivity index (χ0n) is 27.5. The first-order valence-electron chi connectivity index (χ1n) is 16.0. The Bertz CT molecular complexity index is 1980. The molecule has 0 spiro atoms. The molecule has 0 aliphatic carbocycles. The number of anilines is 2. The Kier molecular flexibility index (Phi) is 10.2. The van der Waals surface area contributed by atoms with Crippen molar-refractivity contribution in [2.24, 2.45) is 0 Å². The van der Waals surface area contributed by atoms with E-state index in [9.17, 15) is 22.8 Å². The van der Waals surface area contributed by atoms with Crippen molar-refractivity contribution in [1.82, 2.24) is 14.8 Å². The lowest BCUT2D eigenvalue weighted by Gasteiger charge is -2.26. The van der Waals surface area contributed by atoms with Gasteiger partial charge >= 0.3 is 16.2 Å². The maximum absolute atomic E-state index is 13.8. The van der Waals surface area contributed by atoms with Crippen molar-refractivity contribution in [3.63, 3.8) is 0 Å². The molecule has 4 aromatic rings. The number of hydrogen-bond acceptors (Lipinski definition) is 8. The molecule has 4 aromatic carbocycles. The van der Waals surface area contributed by atoms with Crippen LogP contribution in [0.1, 0.15) is 16.7 Å². The largest absolute Gasteiger partial charge is 0.493 e. The first kappa shape index (κ1) is 34.3. The number of rotatable bonds is 12. The van der Waals surface area contributed by atoms with Crippen LogP contribution in [-0.2, 0) is 39.1 Å². The maximum Gasteiger partial charge on any atom is 0.330 e. The number of urea groups is 1. The topological polar surface area (TPSA) is 156 Å². The number of nitrogens with zero attached hydrogens (tertiary/aromatic N) is 2. The Morgan fingerprint density at radius 3 is 1.92 bits per heavy atom. The molecule has 2 aliphatic heterocycles. The monoisotopic (exact) mass is 699 g/mol. The number of carbonyl (C=O) groups excluding carboxylic acids is 3. The zero-order valence-corrected chi connectivity index (χ0v) is 28.3. The Labute approximate surface area is 290 Å². The van der Waals surface area contributed by atoms with Crippen molar-refractivity contribution < 1.29 is 37.0 Å². The molecule has 0 aromatic heterocycles. The molecule has 6 rings (SSSR count). The van der Waals surface area contributed by atoms with E-state index in [-0.39, 0.29) is 19.6 Å². The van der Waals surface area contributed by atoms with Crippen molar-refractivity contribution in [2.45, 2.75) is 31.3 Å². The number of ether oxygens (including phenoxy) is 3. The minimum atomic E-state index is -4.64. The summed E-state index contributed by atoms with van der Waals surface area (Å²) in [5.74, 6) is 0.698. The van der Waals surface area contributed by atoms with E-state index in [2.05, 4.69) is 10.0 Å². The summed E-state index contributed by atoms with van der Waals surface area (Å²) in [6.07, 6.45) is 0.793. The Hall–Kier alpha value is -5.60. The van der Waals surface area contributed by atoms with Gasteiger partial charge in [-0.2, -0.15) is 13.1 Å². The first-order valence-corrected chi connectivity index (χ1v) is 17.4. The summed E-state index contributed by atoms with van der Waals surface area (Å²) in [7, 11) is -1.54. The predicted molar refractivity (Wildman–Crippen MR) is 187 cm³/mol. The molecule has 3 N–H and O–H groups in total. The Balaban J connectivity index is 1.18. The van der Waals surface area contributed by atoms with Crippen LogP contribution in [0.3, 0.4) is 0 Å². The van der Waals surface area contributed by atoms with Crippen LogP contribution in [0.2, 0.25) is 0 Å². The van der Waals surface area contributed by atoms with Gasteiger partial charge < -0.3 is 29.3 Å². The number of amides is 4. The third-order valence-corrected chi connectivity index (χ3v) is 9.51. The van der Waals surface area contributed by atoms with Crippen LogP contribution in [0.15, 0.2) is 97.1 Å². The Morgan fingerprint density at radius 1 is 0.700 bits per heavy atom. The molecule has 2 atom stereocenters. The van der Waals surface area contributed by atoms with E-state index in [1.807, 2.05) is 16.9 Å². The molecule has 4 amide bonds. The number of nitrogens with one attached hydrogen (secondary N) is 3. The lowest BCUT2D eigenvalue weighted by molar-refractivity contribution is -0.120. The van der Waals surface area contributed by atoms with E-state index in [1.165, 1.54) is 16.8 Å². The third kappa shape index (κ3) is 8.15. The first-order chi connectivity index (χ1) is 24.1. The summed E-state index contributed by atoms with van der Waals surface area (Å²) in [5.41, 5.74) is 3.45. The lowest BCUT2D eigenvalue weighted by Crippen LogP contribution is -2.57. The summed E-state index contributed by atoms with van der Waals surface area (Å²) < 4.78 is 47.5. The van der Waals surface area contributed by atoms with E-state index >= 15 is 0 Å². The van der Waals surface area contributed by atoms with Crippen LogP contribution in [0, 0.1) is 0 Å². The van der Waals surface area contributed by atoms with Crippen LogP contribution in [0.5, 0.6) is 17.2 Å². The minimum absolute atomic E-state index is 0.0111. The molecular weight excluding hydrogens is 662 g/mol. The molecule has 0 saturated heterocycles. The van der Waals surface area contributed by atoms with Gasteiger partial charge in [0.15, 0.2) is 11.5 Å². The van der Waals surface area contributed by atoms with Gasteiger partial charge in [-0.05, 0) is 53.4 Å². The maximum atomic E-state index is 13.8. The average Bonchev–Trinajstić information content (AvgIpc) is 3.79. The van der Waals surface area contributed by atoms with Gasteiger partial charge in [-0.1, -0.05) is 60.7 Å². The fraction of sp³-hybridized carbons (Fsp3) is 0.250. The smallest absolute Gasteiger partial charge is 0.330 e. The van der Waals surface area contributed by atoms with E-state index in [0.29, 0.717) is 41.5 Å². The van der Waals surface area contributed by atoms with Gasteiger partial charge in [0.1, 0.15) is 17.8 Å². The van der Waals surface area contributed by atoms with E-state index in [4.69, 9.17) is 14.2 Å². The van der Waals surface area contributed by atoms with Gasteiger partial charge in [-0.25, -0.2) is 9.52 Å². The number of benzene rings is 4. The Morgan fingerprint density at radius 2 is 1.26 bits per heavy atom. The standard InChI is InChI=1S/C36H37N5O8S/c1-40(27-13-15-31-26(21-27)17-18-47-31)34(42)29(19-24-9-5-3-6-10-24)37-36(44)39-50(45,46)38-30(20-25-11-7-4-8-12-25)35(43)41(2)28-14-16-32-33(22-28)49-23-48-32/h3-16,21-22,29-30,38H,17-20,23H2,1-2H3,(H2,37,39,44)/t29-,30-/m0/s1. The van der Waals surface area contributed by atoms with Crippen LogP contribution >= 0.6 is 0 Å². The van der Waals surface area contributed by atoms with Crippen molar-refractivity contribution in [1.29, 1.82) is 0 Å². The average molecular weight is 700 g/mol. The molecule has 260 valence electrons. The summed E-state index contributed by atoms with van der Waals surface area (Å²) in [5, 5.41) is 2.54. The normalized spacial score (nSPS) is 14.1. The number of carbonyl (C=O) groups is 3. The zero-order chi connectivity index (χ0) is 35.3. The summed E-state index contributed by atoms with van der Waals surface area (Å²) >= 11 is 0. The second-order valence-corrected chi connectivity index (χ2v) is 13.4. The molecule has 0 bridgehead atoms. The van der Waals surface area contributed by atoms with Crippen LogP contribution in [0.4, 0.5) is 16.2 Å². The summed E-state index contributed by atoms with van der Waals surface area (Å²) in [6.45, 7) is 0.613. The number of fused-ring (bicyclic) bond motifs is 2. The van der Waals surface area contributed by atoms with Gasteiger partial charge in [-0.3, -0.25) is 9.59 Å². The quantitative estimate of drug-likeness (QED) is 0.204. The van der Waals surface area contributed by atoms with Crippen molar-refractivity contribution >= 4 is 39.4 Å². The van der Waals surface area contributed by atoms with Gasteiger partial charge in [0, 0.05) is 44.4 Å². The lowest BCUT2D eigenvalue weighted by atomic mass is 10.0. The van der Waals surface area contributed by atoms with Crippen molar-refractivity contribution in [3.05, 3.63) is 114 Å². The van der Waals surface area contributed by atoms with Gasteiger partial charge in [-0.15, -0.1) is 0 Å². The third-order valence-electron chi connectivity index (χ3n) is 8.46. The molecule has 0 radical (unpaired) electrons. The second-order valence-electron chi connectivity index (χ2n) is 11.9. The number of likely N-dealkylation sites (N-methyl/N-ethyl adjacent to an activating group) is 2. The summed E-state index contributed by atoms with van der Waals surface area (Å²) in [6, 6.07) is 24.7. The minimum Gasteiger partial charge on any atom is -0.493 e. The molecule has 0 unspecified atom stereocenters. The highest BCUT2D eigenvalue weighted by Gasteiger charge is 2.32. The molecule has 0 fully saturated rings. The van der Waals surface area contributed by atoms with Gasteiger partial charge in [0.25, 0.3) is 0 Å². The van der Waals surface area contributed by atoms with Crippen LogP contribution < -0.4 is 38.8 Å². The molecule has 50 heavy (non-hydrogen) atoms. The second kappa shape index (κ2) is 14.9. The van der Waals surface area contributed by atoms with Crippen molar-refractivity contribution in [2.75, 3.05) is 37.3 Å². The number of hydrogen-bond donors (Lipinski definition) is 3. The van der Waals surface area contributed by atoms with E-state index < -0.39 is 40.1 Å². The molecular formula is C36H37N5O8S. The molecule has 2 heterocycles. The van der Waals surface area contributed by atoms with Crippen LogP contribution in [-0.4, -0.2) is 65.8 Å². The van der Waals surface area contributed by atoms with Crippen molar-refractivity contribution in [3.8, 4) is 17.2 Å². The SMILES string of the molecule is CN(C(=O)[C@H](Cc1ccccc1)NC(=O)NS(=O)(=O)N[C@@H](Cc1ccccc1)C(=O)N(C)c1ccc2c(c1)OCO2)c1ccc2c(c1)CCO2. The molecule has 2 aliphatic rings. The highest BCUT2D eigenvalue weighted by atomic mass is 32.2. The highest BCUT2D eigenvalue weighted by Crippen LogP contribution is 2.35. The predicted octanol–water partition coefficient (Wildman–Crippen LogP) is 3.33. The van der Waals surface area contributed by atoms with E-state index in [0.717, 1.165) is 16.9 Å². The van der Waals surface area contributed by atoms with Gasteiger partial charge in [0.2, 0.25) is 18.6 Å². The fourth-order valence-electron chi connectivity index (χ4n) is 5.80. The summed E-state index contributed by atoms with van der Waals surface area (Å²) in [4.78, 5) is 43.6. The van der Waals surface area contributed by atoms with Gasteiger partial charge in [0.05, 0.1) is 6.61 Å². The highest BCUT2D eigenvalue weighted by molar-refractivity contribution is 7.88. The molecule has 0 saturated carbocycles. The molecule has 14 heteroatoms. The molecule has 13 nitrogen and oxygen atoms in total. The van der Waals surface area contributed by atoms with Crippen LogP contribution in [0.25, 0.3) is 0 Å². The fourth-order valence-corrected chi connectivity index (χ4v) is 6.72.